The van der Waals surface area contributed by atoms with E-state index in [0.29, 0.717) is 5.92 Å². The average Bonchev–Trinajstić information content (AvgIpc) is 2.24. The summed E-state index contributed by atoms with van der Waals surface area (Å²) in [6.45, 7) is 6.56. The number of aliphatic carboxylic acids is 1. The summed E-state index contributed by atoms with van der Waals surface area (Å²) < 4.78 is 0. The Hall–Kier alpha value is -1.05. The zero-order chi connectivity index (χ0) is 10.8. The van der Waals surface area contributed by atoms with Gasteiger partial charge in [0.25, 0.3) is 0 Å². The van der Waals surface area contributed by atoms with Gasteiger partial charge in [0.15, 0.2) is 0 Å². The molecule has 0 heterocycles. The first-order chi connectivity index (χ1) is 6.42. The molecule has 0 radical (unpaired) electrons. The van der Waals surface area contributed by atoms with Crippen molar-refractivity contribution in [2.45, 2.75) is 33.6 Å². The normalized spacial score (nSPS) is 25.4. The van der Waals surface area contributed by atoms with Crippen molar-refractivity contribution in [1.82, 2.24) is 0 Å². The number of carboxylic acids is 1. The molecule has 2 heteroatoms. The molecule has 1 aliphatic rings. The van der Waals surface area contributed by atoms with Gasteiger partial charge in [-0.05, 0) is 31.1 Å². The van der Waals surface area contributed by atoms with E-state index in [1.165, 1.54) is 11.6 Å². The fraction of sp³-hybridized carbons (Fsp3) is 0.583. The highest BCUT2D eigenvalue weighted by atomic mass is 16.4. The van der Waals surface area contributed by atoms with Gasteiger partial charge >= 0.3 is 5.97 Å². The van der Waals surface area contributed by atoms with Gasteiger partial charge in [0.05, 0.1) is 0 Å². The van der Waals surface area contributed by atoms with Gasteiger partial charge in [-0.2, -0.15) is 0 Å². The summed E-state index contributed by atoms with van der Waals surface area (Å²) in [6, 6.07) is 0. The smallest absolute Gasteiger partial charge is 0.327 e. The van der Waals surface area contributed by atoms with Gasteiger partial charge in [0, 0.05) is 6.08 Å². The lowest BCUT2D eigenvalue weighted by atomic mass is 9.80. The van der Waals surface area contributed by atoms with Crippen molar-refractivity contribution in [2.75, 3.05) is 0 Å². The molecule has 2 nitrogen and oxygen atoms in total. The molecular weight excluding hydrogens is 176 g/mol. The van der Waals surface area contributed by atoms with Crippen LogP contribution in [-0.4, -0.2) is 11.1 Å². The van der Waals surface area contributed by atoms with Gasteiger partial charge < -0.3 is 5.11 Å². The third kappa shape index (κ3) is 2.72. The molecule has 0 aromatic rings. The van der Waals surface area contributed by atoms with Crippen LogP contribution < -0.4 is 0 Å². The molecule has 1 aliphatic carbocycles. The van der Waals surface area contributed by atoms with E-state index in [9.17, 15) is 4.79 Å². The number of carbonyl (C=O) groups is 1. The standard InChI is InChI=1S/C12H18O2/c1-9-7-10(12(2,3)8-9)5-4-6-11(13)14/h4,6,8,10H,5,7H2,1-3H3,(H,13,14)/b6-4+. The van der Waals surface area contributed by atoms with Crippen LogP contribution in [0.25, 0.3) is 0 Å². The molecule has 0 saturated carbocycles. The summed E-state index contributed by atoms with van der Waals surface area (Å²) in [5, 5.41) is 8.47. The maximum absolute atomic E-state index is 10.3. The predicted octanol–water partition coefficient (Wildman–Crippen LogP) is 3.01. The van der Waals surface area contributed by atoms with Crippen LogP contribution in [0.1, 0.15) is 33.6 Å². The summed E-state index contributed by atoms with van der Waals surface area (Å²) in [6.07, 6.45) is 7.25. The van der Waals surface area contributed by atoms with Crippen molar-refractivity contribution in [1.29, 1.82) is 0 Å². The van der Waals surface area contributed by atoms with Crippen LogP contribution in [0.15, 0.2) is 23.8 Å². The minimum Gasteiger partial charge on any atom is -0.478 e. The maximum Gasteiger partial charge on any atom is 0.327 e. The summed E-state index contributed by atoms with van der Waals surface area (Å²) >= 11 is 0. The van der Waals surface area contributed by atoms with Crippen molar-refractivity contribution >= 4 is 5.97 Å². The van der Waals surface area contributed by atoms with E-state index in [4.69, 9.17) is 5.11 Å². The lowest BCUT2D eigenvalue weighted by molar-refractivity contribution is -0.131. The Kier molecular flexibility index (Phi) is 3.14. The molecule has 0 aliphatic heterocycles. The van der Waals surface area contributed by atoms with E-state index in [1.54, 1.807) is 6.08 Å². The summed E-state index contributed by atoms with van der Waals surface area (Å²) in [7, 11) is 0. The van der Waals surface area contributed by atoms with E-state index < -0.39 is 5.97 Å². The van der Waals surface area contributed by atoms with Crippen LogP contribution in [0.5, 0.6) is 0 Å². The average molecular weight is 194 g/mol. The molecule has 14 heavy (non-hydrogen) atoms. The molecule has 0 spiro atoms. The van der Waals surface area contributed by atoms with E-state index in [2.05, 4.69) is 26.8 Å². The van der Waals surface area contributed by atoms with Gasteiger partial charge in [-0.1, -0.05) is 31.6 Å². The van der Waals surface area contributed by atoms with Gasteiger partial charge in [0.1, 0.15) is 0 Å². The molecule has 1 unspecified atom stereocenters. The summed E-state index contributed by atoms with van der Waals surface area (Å²) in [4.78, 5) is 10.3. The molecule has 0 aromatic heterocycles. The van der Waals surface area contributed by atoms with Crippen LogP contribution in [0.2, 0.25) is 0 Å². The Bertz CT molecular complexity index is 285. The van der Waals surface area contributed by atoms with Crippen molar-refractivity contribution in [3.63, 3.8) is 0 Å². The first kappa shape index (κ1) is 11.0. The molecule has 78 valence electrons. The molecule has 1 N–H and O–H groups in total. The highest BCUT2D eigenvalue weighted by Crippen LogP contribution is 2.42. The zero-order valence-electron chi connectivity index (χ0n) is 9.08. The van der Waals surface area contributed by atoms with E-state index in [1.807, 2.05) is 0 Å². The Morgan fingerprint density at radius 1 is 1.71 bits per heavy atom. The SMILES string of the molecule is CC1=CC(C)(C)C(C/C=C/C(=O)O)C1. The van der Waals surface area contributed by atoms with Crippen LogP contribution in [0.3, 0.4) is 0 Å². The Balaban J connectivity index is 2.53. The second-order valence-electron chi connectivity index (χ2n) is 4.69. The molecule has 0 saturated heterocycles. The highest BCUT2D eigenvalue weighted by molar-refractivity contribution is 5.79. The fourth-order valence-electron chi connectivity index (χ4n) is 2.18. The predicted molar refractivity (Wildman–Crippen MR) is 57.0 cm³/mol. The second-order valence-corrected chi connectivity index (χ2v) is 4.69. The zero-order valence-corrected chi connectivity index (χ0v) is 9.08. The maximum atomic E-state index is 10.3. The highest BCUT2D eigenvalue weighted by Gasteiger charge is 2.31. The van der Waals surface area contributed by atoms with Gasteiger partial charge in [-0.15, -0.1) is 0 Å². The molecule has 1 atom stereocenters. The monoisotopic (exact) mass is 194 g/mol. The summed E-state index contributed by atoms with van der Waals surface area (Å²) in [5.41, 5.74) is 1.64. The third-order valence-corrected chi connectivity index (χ3v) is 2.92. The van der Waals surface area contributed by atoms with E-state index in [-0.39, 0.29) is 5.41 Å². The van der Waals surface area contributed by atoms with Gasteiger partial charge in [-0.25, -0.2) is 4.79 Å². The number of rotatable bonds is 3. The van der Waals surface area contributed by atoms with Gasteiger partial charge in [0.2, 0.25) is 0 Å². The number of hydrogen-bond acceptors (Lipinski definition) is 1. The van der Waals surface area contributed by atoms with Crippen LogP contribution in [0.4, 0.5) is 0 Å². The lowest BCUT2D eigenvalue weighted by Crippen LogP contribution is -2.16. The topological polar surface area (TPSA) is 37.3 Å². The van der Waals surface area contributed by atoms with E-state index in [0.717, 1.165) is 12.8 Å². The number of allylic oxidation sites excluding steroid dienone is 3. The van der Waals surface area contributed by atoms with Gasteiger partial charge in [-0.3, -0.25) is 0 Å². The molecule has 0 fully saturated rings. The molecule has 1 rings (SSSR count). The number of hydrogen-bond donors (Lipinski definition) is 1. The fourth-order valence-corrected chi connectivity index (χ4v) is 2.18. The van der Waals surface area contributed by atoms with Crippen molar-refractivity contribution in [3.8, 4) is 0 Å². The van der Waals surface area contributed by atoms with Crippen molar-refractivity contribution < 1.29 is 9.90 Å². The second kappa shape index (κ2) is 3.99. The third-order valence-electron chi connectivity index (χ3n) is 2.92. The van der Waals surface area contributed by atoms with Crippen LogP contribution in [0, 0.1) is 11.3 Å². The largest absolute Gasteiger partial charge is 0.478 e. The number of carboxylic acid groups (broad SMARTS) is 1. The Labute approximate surface area is 85.3 Å². The van der Waals surface area contributed by atoms with Crippen LogP contribution >= 0.6 is 0 Å². The Morgan fingerprint density at radius 3 is 2.79 bits per heavy atom. The minimum absolute atomic E-state index is 0.215. The summed E-state index contributed by atoms with van der Waals surface area (Å²) in [5.74, 6) is -0.302. The molecule has 0 amide bonds. The van der Waals surface area contributed by atoms with E-state index >= 15 is 0 Å². The van der Waals surface area contributed by atoms with Crippen molar-refractivity contribution in [3.05, 3.63) is 23.8 Å². The quantitative estimate of drug-likeness (QED) is 0.554. The first-order valence-electron chi connectivity index (χ1n) is 4.99. The van der Waals surface area contributed by atoms with Crippen LogP contribution in [-0.2, 0) is 4.79 Å². The molecule has 0 aromatic carbocycles. The molecule has 0 bridgehead atoms. The first-order valence-corrected chi connectivity index (χ1v) is 4.99. The minimum atomic E-state index is -0.856. The Morgan fingerprint density at radius 2 is 2.36 bits per heavy atom. The van der Waals surface area contributed by atoms with Crippen molar-refractivity contribution in [2.24, 2.45) is 11.3 Å². The lowest BCUT2D eigenvalue weighted by Gasteiger charge is -2.24. The molecular formula is C12H18O2.